The lowest BCUT2D eigenvalue weighted by Gasteiger charge is -2.31. The second kappa shape index (κ2) is 9.84. The molecule has 0 aliphatic carbocycles. The van der Waals surface area contributed by atoms with Gasteiger partial charge in [0.15, 0.2) is 0 Å². The van der Waals surface area contributed by atoms with E-state index in [2.05, 4.69) is 5.32 Å². The van der Waals surface area contributed by atoms with Gasteiger partial charge in [0.25, 0.3) is 0 Å². The maximum absolute atomic E-state index is 13.2. The van der Waals surface area contributed by atoms with Gasteiger partial charge in [-0.1, -0.05) is 18.2 Å². The molecule has 1 amide bonds. The van der Waals surface area contributed by atoms with Crippen molar-refractivity contribution in [3.63, 3.8) is 0 Å². The van der Waals surface area contributed by atoms with Crippen LogP contribution in [0.25, 0.3) is 0 Å². The highest BCUT2D eigenvalue weighted by Crippen LogP contribution is 2.36. The van der Waals surface area contributed by atoms with Crippen molar-refractivity contribution in [2.45, 2.75) is 25.9 Å². The predicted molar refractivity (Wildman–Crippen MR) is 109 cm³/mol. The molecule has 0 saturated carbocycles. The van der Waals surface area contributed by atoms with Crippen LogP contribution in [0.2, 0.25) is 0 Å². The van der Waals surface area contributed by atoms with Gasteiger partial charge >= 0.3 is 6.18 Å². The van der Waals surface area contributed by atoms with E-state index in [0.29, 0.717) is 50.8 Å². The van der Waals surface area contributed by atoms with Gasteiger partial charge in [0.2, 0.25) is 5.91 Å². The number of alkyl halides is 3. The summed E-state index contributed by atoms with van der Waals surface area (Å²) in [6, 6.07) is 10.9. The number of morpholine rings is 1. The number of rotatable bonds is 7. The summed E-state index contributed by atoms with van der Waals surface area (Å²) in [5, 5.41) is 2.68. The van der Waals surface area contributed by atoms with Gasteiger partial charge in [-0.3, -0.25) is 4.79 Å². The molecule has 0 unspecified atom stereocenters. The molecule has 5 nitrogen and oxygen atoms in total. The molecule has 0 bridgehead atoms. The zero-order valence-corrected chi connectivity index (χ0v) is 16.8. The van der Waals surface area contributed by atoms with Crippen molar-refractivity contribution in [1.29, 1.82) is 0 Å². The van der Waals surface area contributed by atoms with Gasteiger partial charge in [-0.2, -0.15) is 13.2 Å². The maximum Gasteiger partial charge on any atom is 0.416 e. The lowest BCUT2D eigenvalue weighted by atomic mass is 10.1. The number of halogens is 3. The fourth-order valence-corrected chi connectivity index (χ4v) is 3.36. The number of benzene rings is 2. The minimum atomic E-state index is -4.49. The average molecular weight is 422 g/mol. The van der Waals surface area contributed by atoms with E-state index < -0.39 is 11.7 Å². The summed E-state index contributed by atoms with van der Waals surface area (Å²) in [4.78, 5) is 14.5. The summed E-state index contributed by atoms with van der Waals surface area (Å²) < 4.78 is 50.5. The van der Waals surface area contributed by atoms with Crippen LogP contribution in [0.1, 0.15) is 24.5 Å². The second-order valence-electron chi connectivity index (χ2n) is 6.92. The Kier molecular flexibility index (Phi) is 7.20. The Labute approximate surface area is 173 Å². The number of anilines is 2. The van der Waals surface area contributed by atoms with Crippen LogP contribution in [0.15, 0.2) is 42.5 Å². The van der Waals surface area contributed by atoms with Crippen LogP contribution in [0.4, 0.5) is 24.5 Å². The van der Waals surface area contributed by atoms with Crippen molar-refractivity contribution >= 4 is 17.3 Å². The molecule has 2 aromatic rings. The lowest BCUT2D eigenvalue weighted by molar-refractivity contribution is -0.137. The van der Waals surface area contributed by atoms with E-state index >= 15 is 0 Å². The van der Waals surface area contributed by atoms with Crippen LogP contribution in [-0.2, 0) is 22.1 Å². The van der Waals surface area contributed by atoms with Crippen molar-refractivity contribution in [3.8, 4) is 5.75 Å². The Morgan fingerprint density at radius 2 is 1.90 bits per heavy atom. The Balaban J connectivity index is 1.75. The summed E-state index contributed by atoms with van der Waals surface area (Å²) in [5.41, 5.74) is 0.813. The molecule has 0 radical (unpaired) electrons. The molecule has 3 rings (SSSR count). The van der Waals surface area contributed by atoms with Crippen LogP contribution in [-0.4, -0.2) is 38.8 Å². The van der Waals surface area contributed by atoms with Gasteiger partial charge in [-0.15, -0.1) is 0 Å². The van der Waals surface area contributed by atoms with E-state index in [1.165, 1.54) is 6.07 Å². The molecule has 0 aromatic heterocycles. The van der Waals surface area contributed by atoms with Gasteiger partial charge in [0.1, 0.15) is 5.75 Å². The molecule has 30 heavy (non-hydrogen) atoms. The zero-order valence-electron chi connectivity index (χ0n) is 16.8. The van der Waals surface area contributed by atoms with Crippen molar-refractivity contribution in [3.05, 3.63) is 53.6 Å². The molecule has 1 saturated heterocycles. The van der Waals surface area contributed by atoms with E-state index in [-0.39, 0.29) is 18.0 Å². The molecule has 2 aromatic carbocycles. The minimum Gasteiger partial charge on any atom is -0.494 e. The first-order valence-electron chi connectivity index (χ1n) is 9.93. The van der Waals surface area contributed by atoms with Crippen LogP contribution < -0.4 is 15.0 Å². The van der Waals surface area contributed by atoms with Crippen molar-refractivity contribution in [1.82, 2.24) is 0 Å². The Bertz CT molecular complexity index is 865. The average Bonchev–Trinajstić information content (AvgIpc) is 2.73. The maximum atomic E-state index is 13.2. The summed E-state index contributed by atoms with van der Waals surface area (Å²) in [5.74, 6) is 0.357. The SMILES string of the molecule is CCOc1ccccc1CCC(=O)Nc1cc(C(F)(F)F)ccc1N1CCOCC1. The zero-order chi connectivity index (χ0) is 21.6. The van der Waals surface area contributed by atoms with E-state index in [9.17, 15) is 18.0 Å². The van der Waals surface area contributed by atoms with E-state index in [4.69, 9.17) is 9.47 Å². The van der Waals surface area contributed by atoms with Crippen molar-refractivity contribution in [2.75, 3.05) is 43.1 Å². The number of para-hydroxylation sites is 1. The fourth-order valence-electron chi connectivity index (χ4n) is 3.36. The summed E-state index contributed by atoms with van der Waals surface area (Å²) in [6.07, 6.45) is -3.93. The molecule has 162 valence electrons. The van der Waals surface area contributed by atoms with Gasteiger partial charge in [-0.05, 0) is 43.2 Å². The van der Waals surface area contributed by atoms with Crippen molar-refractivity contribution in [2.24, 2.45) is 0 Å². The molecule has 8 heteroatoms. The number of hydrogen-bond donors (Lipinski definition) is 1. The summed E-state index contributed by atoms with van der Waals surface area (Å²) in [7, 11) is 0. The Morgan fingerprint density at radius 3 is 2.60 bits per heavy atom. The largest absolute Gasteiger partial charge is 0.494 e. The molecule has 1 heterocycles. The molecular formula is C22H25F3N2O3. The Hall–Kier alpha value is -2.74. The van der Waals surface area contributed by atoms with Crippen LogP contribution in [0.3, 0.4) is 0 Å². The number of carbonyl (C=O) groups excluding carboxylic acids is 1. The molecule has 1 fully saturated rings. The molecule has 1 aliphatic heterocycles. The van der Waals surface area contributed by atoms with E-state index in [0.717, 1.165) is 17.7 Å². The Morgan fingerprint density at radius 1 is 1.17 bits per heavy atom. The monoisotopic (exact) mass is 422 g/mol. The summed E-state index contributed by atoms with van der Waals surface area (Å²) >= 11 is 0. The molecule has 1 N–H and O–H groups in total. The van der Waals surface area contributed by atoms with Gasteiger partial charge < -0.3 is 19.7 Å². The highest BCUT2D eigenvalue weighted by atomic mass is 19.4. The fraction of sp³-hybridized carbons (Fsp3) is 0.409. The van der Waals surface area contributed by atoms with E-state index in [1.807, 2.05) is 36.1 Å². The van der Waals surface area contributed by atoms with Crippen molar-refractivity contribution < 1.29 is 27.4 Å². The third kappa shape index (κ3) is 5.66. The van der Waals surface area contributed by atoms with Gasteiger partial charge in [-0.25, -0.2) is 0 Å². The molecule has 0 spiro atoms. The number of nitrogens with one attached hydrogen (secondary N) is 1. The third-order valence-electron chi connectivity index (χ3n) is 4.84. The standard InChI is InChI=1S/C22H25F3N2O3/c1-2-30-20-6-4-3-5-16(20)7-10-21(28)26-18-15-17(22(23,24)25)8-9-19(18)27-11-13-29-14-12-27/h3-6,8-9,15H,2,7,10-14H2,1H3,(H,26,28). The normalized spacial score (nSPS) is 14.5. The van der Waals surface area contributed by atoms with E-state index in [1.54, 1.807) is 0 Å². The first kappa shape index (κ1) is 22.0. The quantitative estimate of drug-likeness (QED) is 0.713. The lowest BCUT2D eigenvalue weighted by Crippen LogP contribution is -2.36. The predicted octanol–water partition coefficient (Wildman–Crippen LogP) is 4.51. The number of ether oxygens (including phenoxy) is 2. The van der Waals surface area contributed by atoms with Crippen LogP contribution in [0, 0.1) is 0 Å². The summed E-state index contributed by atoms with van der Waals surface area (Å²) in [6.45, 7) is 4.47. The number of carbonyl (C=O) groups is 1. The number of aryl methyl sites for hydroxylation is 1. The van der Waals surface area contributed by atoms with Crippen LogP contribution in [0.5, 0.6) is 5.75 Å². The first-order valence-corrected chi connectivity index (χ1v) is 9.93. The molecule has 0 atom stereocenters. The van der Waals surface area contributed by atoms with Crippen LogP contribution >= 0.6 is 0 Å². The molecule has 1 aliphatic rings. The smallest absolute Gasteiger partial charge is 0.416 e. The highest BCUT2D eigenvalue weighted by Gasteiger charge is 2.32. The second-order valence-corrected chi connectivity index (χ2v) is 6.92. The number of amides is 1. The van der Waals surface area contributed by atoms with Gasteiger partial charge in [0.05, 0.1) is 36.8 Å². The first-order chi connectivity index (χ1) is 14.4. The third-order valence-corrected chi connectivity index (χ3v) is 4.84. The minimum absolute atomic E-state index is 0.128. The number of hydrogen-bond acceptors (Lipinski definition) is 4. The topological polar surface area (TPSA) is 50.8 Å². The van der Waals surface area contributed by atoms with Gasteiger partial charge in [0, 0.05) is 19.5 Å². The molecular weight excluding hydrogens is 397 g/mol. The number of nitrogens with zero attached hydrogens (tertiary/aromatic N) is 1. The highest BCUT2D eigenvalue weighted by molar-refractivity contribution is 5.94.